The van der Waals surface area contributed by atoms with E-state index in [1.54, 1.807) is 6.92 Å². The number of alkyl halides is 1. The highest BCUT2D eigenvalue weighted by Crippen LogP contribution is 2.42. The van der Waals surface area contributed by atoms with Gasteiger partial charge < -0.3 is 14.4 Å². The Labute approximate surface area is 130 Å². The number of allylic oxidation sites excluding steroid dienone is 1. The lowest BCUT2D eigenvalue weighted by molar-refractivity contribution is -0.134. The lowest BCUT2D eigenvalue weighted by atomic mass is 10.3. The van der Waals surface area contributed by atoms with E-state index >= 15 is 0 Å². The average Bonchev–Trinajstić information content (AvgIpc) is 2.92. The first-order valence-electron chi connectivity index (χ1n) is 6.13. The molecule has 0 radical (unpaired) electrons. The van der Waals surface area contributed by atoms with Gasteiger partial charge >= 0.3 is 5.97 Å². The first kappa shape index (κ1) is 15.7. The van der Waals surface area contributed by atoms with Crippen molar-refractivity contribution in [3.63, 3.8) is 0 Å². The Morgan fingerprint density at radius 3 is 3.20 bits per heavy atom. The van der Waals surface area contributed by atoms with Crippen LogP contribution in [0.5, 0.6) is 0 Å². The van der Waals surface area contributed by atoms with Crippen molar-refractivity contribution in [2.75, 3.05) is 33.0 Å². The molecule has 1 saturated heterocycles. The lowest BCUT2D eigenvalue weighted by Gasteiger charge is -2.33. The van der Waals surface area contributed by atoms with Crippen molar-refractivity contribution in [1.82, 2.24) is 4.90 Å². The number of carbonyl (C=O) groups excluding carboxylic acids is 1. The van der Waals surface area contributed by atoms with Crippen LogP contribution in [0.1, 0.15) is 6.92 Å². The smallest absolute Gasteiger partial charge is 0.350 e. The standard InChI is InChI=1S/C12H14FIN2O3S/c1-2-18-12(17)10-14-9(6-15)11(20-10)16-3-4-19-8(5-13)7-16/h8H,2-5,7H2,1H3. The highest BCUT2D eigenvalue weighted by Gasteiger charge is 2.31. The van der Waals surface area contributed by atoms with E-state index in [9.17, 15) is 14.4 Å². The van der Waals surface area contributed by atoms with Crippen LogP contribution >= 0.6 is 32.5 Å². The zero-order valence-electron chi connectivity index (χ0n) is 10.9. The maximum Gasteiger partial charge on any atom is 0.350 e. The molecule has 1 atom stereocenters. The van der Waals surface area contributed by atoms with E-state index in [2.05, 4.69) is 6.07 Å². The summed E-state index contributed by atoms with van der Waals surface area (Å²) in [5.41, 5.74) is 0. The fourth-order valence-electron chi connectivity index (χ4n) is 1.81. The minimum atomic E-state index is -0.781. The van der Waals surface area contributed by atoms with Gasteiger partial charge in [0, 0.05) is 13.1 Å². The second kappa shape index (κ2) is 7.38. The van der Waals surface area contributed by atoms with Crippen LogP contribution in [0.4, 0.5) is 4.39 Å². The van der Waals surface area contributed by atoms with Crippen LogP contribution in [0.3, 0.4) is 0 Å². The summed E-state index contributed by atoms with van der Waals surface area (Å²) in [6, 6.07) is 2.17. The molecule has 0 amide bonds. The number of nitrogens with zero attached hydrogens (tertiary/aromatic N) is 2. The van der Waals surface area contributed by atoms with Gasteiger partial charge in [0.2, 0.25) is 0 Å². The monoisotopic (exact) mass is 412 g/mol. The molecule has 0 spiro atoms. The number of ether oxygens (including phenoxy) is 2. The highest BCUT2D eigenvalue weighted by molar-refractivity contribution is 14.2. The molecule has 110 valence electrons. The van der Waals surface area contributed by atoms with Crippen LogP contribution in [0, 0.1) is 11.3 Å². The summed E-state index contributed by atoms with van der Waals surface area (Å²) in [5, 5.41) is 10.0. The van der Waals surface area contributed by atoms with Crippen molar-refractivity contribution < 1.29 is 18.7 Å². The fourth-order valence-corrected chi connectivity index (χ4v) is 6.21. The molecule has 0 aliphatic carbocycles. The molecule has 0 saturated carbocycles. The maximum absolute atomic E-state index is 12.7. The van der Waals surface area contributed by atoms with Crippen LogP contribution in [0.25, 0.3) is 0 Å². The van der Waals surface area contributed by atoms with Gasteiger partial charge in [-0.1, -0.05) is 11.8 Å². The van der Waals surface area contributed by atoms with Crippen molar-refractivity contribution in [2.45, 2.75) is 13.0 Å². The Morgan fingerprint density at radius 2 is 2.55 bits per heavy atom. The molecule has 0 aromatic rings. The van der Waals surface area contributed by atoms with Crippen LogP contribution in [0.2, 0.25) is 0 Å². The minimum Gasteiger partial charge on any atom is -0.462 e. The third-order valence-electron chi connectivity index (χ3n) is 2.69. The number of hydrogen-bond donors (Lipinski definition) is 0. The Hall–Kier alpha value is -0.660. The molecule has 0 aromatic heterocycles. The predicted octanol–water partition coefficient (Wildman–Crippen LogP) is 1.76. The first-order chi connectivity index (χ1) is 9.69. The summed E-state index contributed by atoms with van der Waals surface area (Å²) in [4.78, 5) is 13.7. The molecule has 8 heteroatoms. The van der Waals surface area contributed by atoms with Gasteiger partial charge in [-0.3, -0.25) is 0 Å². The van der Waals surface area contributed by atoms with Gasteiger partial charge in [0.1, 0.15) is 30.3 Å². The average molecular weight is 412 g/mol. The number of esters is 1. The van der Waals surface area contributed by atoms with Crippen molar-refractivity contribution in [2.24, 2.45) is 0 Å². The molecule has 2 aliphatic heterocycles. The molecule has 0 N–H and O–H groups in total. The van der Waals surface area contributed by atoms with E-state index in [1.807, 2.05) is 4.90 Å². The number of rotatable bonds is 4. The van der Waals surface area contributed by atoms with Crippen molar-refractivity contribution in [1.29, 1.82) is 5.26 Å². The van der Waals surface area contributed by atoms with Crippen molar-refractivity contribution in [3.05, 3.63) is 8.61 Å². The molecule has 5 nitrogen and oxygen atoms in total. The lowest BCUT2D eigenvalue weighted by Crippen LogP contribution is -2.42. The Bertz CT molecular complexity index is 503. The molecule has 1 fully saturated rings. The minimum absolute atomic E-state index is 0.325. The molecular formula is C12H14FIN2O3S. The number of thioether (sulfide) groups is 1. The van der Waals surface area contributed by atoms with Gasteiger partial charge in [-0.05, 0) is 27.7 Å². The van der Waals surface area contributed by atoms with Gasteiger partial charge in [-0.2, -0.15) is 5.26 Å². The molecule has 2 heterocycles. The zero-order chi connectivity index (χ0) is 14.5. The van der Waals surface area contributed by atoms with Crippen LogP contribution in [0.15, 0.2) is 8.61 Å². The molecule has 0 bridgehead atoms. The molecule has 2 aliphatic rings. The third-order valence-corrected chi connectivity index (χ3v) is 7.45. The van der Waals surface area contributed by atoms with E-state index in [-0.39, 0.29) is 5.97 Å². The molecule has 1 unspecified atom stereocenters. The quantitative estimate of drug-likeness (QED) is 0.518. The molecule has 0 aromatic carbocycles. The van der Waals surface area contributed by atoms with Crippen LogP contribution < -0.4 is 0 Å². The summed E-state index contributed by atoms with van der Waals surface area (Å²) in [6.45, 7) is 3.01. The van der Waals surface area contributed by atoms with Gasteiger partial charge in [-0.25, -0.2) is 9.18 Å². The van der Waals surface area contributed by atoms with E-state index in [0.29, 0.717) is 32.7 Å². The Kier molecular flexibility index (Phi) is 5.80. The number of nitriles is 1. The van der Waals surface area contributed by atoms with E-state index in [4.69, 9.17) is 9.47 Å². The van der Waals surface area contributed by atoms with E-state index in [1.165, 1.54) is 11.8 Å². The topological polar surface area (TPSA) is 62.6 Å². The van der Waals surface area contributed by atoms with E-state index in [0.717, 1.165) is 5.03 Å². The second-order valence-corrected chi connectivity index (χ2v) is 8.44. The predicted molar refractivity (Wildman–Crippen MR) is 83.2 cm³/mol. The van der Waals surface area contributed by atoms with Crippen molar-refractivity contribution in [3.8, 4) is 6.07 Å². The maximum atomic E-state index is 12.7. The largest absolute Gasteiger partial charge is 0.462 e. The molecular weight excluding hydrogens is 398 g/mol. The first-order valence-corrected chi connectivity index (χ1v) is 9.10. The van der Waals surface area contributed by atoms with Crippen molar-refractivity contribution >= 4 is 41.3 Å². The molecule has 2 rings (SSSR count). The van der Waals surface area contributed by atoms with Gasteiger partial charge in [-0.15, -0.1) is 0 Å². The summed E-state index contributed by atoms with van der Waals surface area (Å²) >= 11 is 0.525. The second-order valence-electron chi connectivity index (χ2n) is 4.01. The Balaban J connectivity index is 2.09. The number of morpholine rings is 1. The highest BCUT2D eigenvalue weighted by atomic mass is 127. The van der Waals surface area contributed by atoms with Gasteiger partial charge in [0.15, 0.2) is 0 Å². The Morgan fingerprint density at radius 1 is 1.75 bits per heavy atom. The SMILES string of the molecule is CCOC(=O)C1=IC(C#N)=C(N2CCOC(CF)C2)S1. The fraction of sp³-hybridized carbons (Fsp3) is 0.583. The number of halogens is 2. The summed E-state index contributed by atoms with van der Waals surface area (Å²) in [7, 11) is 0. The normalized spacial score (nSPS) is 22.9. The number of hydrogen-bond acceptors (Lipinski definition) is 6. The number of carbonyl (C=O) groups is 1. The molecule has 20 heavy (non-hydrogen) atoms. The van der Waals surface area contributed by atoms with E-state index < -0.39 is 33.5 Å². The van der Waals surface area contributed by atoms with Gasteiger partial charge in [0.25, 0.3) is 0 Å². The summed E-state index contributed by atoms with van der Waals surface area (Å²) in [5.74, 6) is -0.330. The third kappa shape index (κ3) is 3.51. The van der Waals surface area contributed by atoms with Gasteiger partial charge in [0.05, 0.1) is 13.2 Å². The van der Waals surface area contributed by atoms with Crippen LogP contribution in [-0.2, 0) is 14.3 Å². The summed E-state index contributed by atoms with van der Waals surface area (Å²) < 4.78 is 24.3. The zero-order valence-corrected chi connectivity index (χ0v) is 13.9. The van der Waals surface area contributed by atoms with Crippen LogP contribution in [-0.4, -0.2) is 52.8 Å². The summed E-state index contributed by atoms with van der Waals surface area (Å²) in [6.07, 6.45) is -0.457.